The first kappa shape index (κ1) is 19.4. The Balaban J connectivity index is 0.00000132. The number of amides is 1. The van der Waals surface area contributed by atoms with E-state index in [1.165, 1.54) is 0 Å². The normalized spacial score (nSPS) is 15.7. The molecule has 0 aliphatic carbocycles. The lowest BCUT2D eigenvalue weighted by molar-refractivity contribution is -0.134. The summed E-state index contributed by atoms with van der Waals surface area (Å²) in [4.78, 5) is 16.1. The van der Waals surface area contributed by atoms with Crippen LogP contribution in [0.4, 0.5) is 5.82 Å². The minimum atomic E-state index is -0.108. The Hall–Kier alpha value is -1.64. The fourth-order valence-corrected chi connectivity index (χ4v) is 2.46. The van der Waals surface area contributed by atoms with Gasteiger partial charge in [0.2, 0.25) is 5.91 Å². The summed E-state index contributed by atoms with van der Waals surface area (Å²) in [6, 6.07) is 3.83. The third-order valence-corrected chi connectivity index (χ3v) is 3.84. The molecule has 1 aliphatic heterocycles. The van der Waals surface area contributed by atoms with Crippen LogP contribution in [-0.4, -0.2) is 63.3 Å². The van der Waals surface area contributed by atoms with E-state index in [4.69, 9.17) is 5.73 Å². The predicted octanol–water partition coefficient (Wildman–Crippen LogP) is 0.211. The van der Waals surface area contributed by atoms with Gasteiger partial charge in [-0.05, 0) is 12.1 Å². The number of anilines is 1. The van der Waals surface area contributed by atoms with Crippen LogP contribution in [0.2, 0.25) is 0 Å². The Labute approximate surface area is 146 Å². The Morgan fingerprint density at radius 1 is 1.26 bits per heavy atom. The van der Waals surface area contributed by atoms with Crippen molar-refractivity contribution >= 4 is 42.2 Å². The van der Waals surface area contributed by atoms with Crippen molar-refractivity contribution in [2.24, 2.45) is 11.7 Å². The molecule has 1 amide bonds. The third-order valence-electron chi connectivity index (χ3n) is 3.84. The van der Waals surface area contributed by atoms with Gasteiger partial charge in [-0.1, -0.05) is 6.92 Å². The topological polar surface area (TPSA) is 92.7 Å². The smallest absolute Gasteiger partial charge is 0.226 e. The second-order valence-corrected chi connectivity index (χ2v) is 5.27. The number of hydrogen-bond donors (Lipinski definition) is 1. The van der Waals surface area contributed by atoms with Crippen LogP contribution in [0.1, 0.15) is 6.92 Å². The molecule has 2 aromatic rings. The average molecular weight is 362 g/mol. The lowest BCUT2D eigenvalue weighted by atomic mass is 10.1. The van der Waals surface area contributed by atoms with Crippen LogP contribution in [0.5, 0.6) is 0 Å². The van der Waals surface area contributed by atoms with Gasteiger partial charge in [0.1, 0.15) is 12.1 Å². The number of carbonyl (C=O) groups is 1. The summed E-state index contributed by atoms with van der Waals surface area (Å²) < 4.78 is 1.66. The Bertz CT molecular complexity index is 642. The molecule has 0 aromatic carbocycles. The van der Waals surface area contributed by atoms with Crippen LogP contribution in [0.3, 0.4) is 0 Å². The van der Waals surface area contributed by atoms with Crippen LogP contribution in [-0.2, 0) is 4.79 Å². The third kappa shape index (κ3) is 4.01. The lowest BCUT2D eigenvalue weighted by Gasteiger charge is -2.36. The number of aromatic nitrogens is 4. The van der Waals surface area contributed by atoms with Crippen LogP contribution in [0.15, 0.2) is 18.5 Å². The minimum absolute atomic E-state index is 0. The highest BCUT2D eigenvalue weighted by molar-refractivity contribution is 5.85. The van der Waals surface area contributed by atoms with Gasteiger partial charge in [-0.15, -0.1) is 40.1 Å². The molecule has 8 nitrogen and oxygen atoms in total. The lowest BCUT2D eigenvalue weighted by Crippen LogP contribution is -2.51. The van der Waals surface area contributed by atoms with Crippen molar-refractivity contribution in [2.45, 2.75) is 6.92 Å². The van der Waals surface area contributed by atoms with E-state index in [1.54, 1.807) is 10.8 Å². The van der Waals surface area contributed by atoms with Gasteiger partial charge in [-0.3, -0.25) is 4.79 Å². The molecule has 128 valence electrons. The molecule has 1 saturated heterocycles. The maximum absolute atomic E-state index is 12.1. The van der Waals surface area contributed by atoms with Crippen molar-refractivity contribution in [3.63, 3.8) is 0 Å². The van der Waals surface area contributed by atoms with Gasteiger partial charge in [0.25, 0.3) is 0 Å². The monoisotopic (exact) mass is 361 g/mol. The van der Waals surface area contributed by atoms with E-state index < -0.39 is 0 Å². The van der Waals surface area contributed by atoms with Gasteiger partial charge in [-0.25, -0.2) is 0 Å². The summed E-state index contributed by atoms with van der Waals surface area (Å²) in [5, 5.41) is 12.2. The van der Waals surface area contributed by atoms with Crippen molar-refractivity contribution in [1.82, 2.24) is 24.7 Å². The summed E-state index contributed by atoms with van der Waals surface area (Å²) in [6.07, 6.45) is 1.58. The molecule has 0 radical (unpaired) electrons. The van der Waals surface area contributed by atoms with Crippen molar-refractivity contribution in [1.29, 1.82) is 0 Å². The summed E-state index contributed by atoms with van der Waals surface area (Å²) in [5.74, 6) is 0.906. The van der Waals surface area contributed by atoms with Gasteiger partial charge in [-0.2, -0.15) is 4.52 Å². The maximum atomic E-state index is 12.1. The molecule has 2 aromatic heterocycles. The molecule has 0 bridgehead atoms. The Morgan fingerprint density at radius 2 is 1.96 bits per heavy atom. The van der Waals surface area contributed by atoms with E-state index in [0.29, 0.717) is 19.6 Å². The first-order chi connectivity index (χ1) is 10.2. The molecule has 10 heteroatoms. The van der Waals surface area contributed by atoms with E-state index in [2.05, 4.69) is 20.2 Å². The van der Waals surface area contributed by atoms with Gasteiger partial charge < -0.3 is 15.5 Å². The fourth-order valence-electron chi connectivity index (χ4n) is 2.46. The Morgan fingerprint density at radius 3 is 2.61 bits per heavy atom. The van der Waals surface area contributed by atoms with Gasteiger partial charge >= 0.3 is 0 Å². The SMILES string of the molecule is CC(CN)C(=O)N1CCN(c2ccc3nncn3n2)CC1.Cl.Cl. The minimum Gasteiger partial charge on any atom is -0.352 e. The predicted molar refractivity (Wildman–Crippen MR) is 92.3 cm³/mol. The van der Waals surface area contributed by atoms with E-state index in [9.17, 15) is 4.79 Å². The van der Waals surface area contributed by atoms with Crippen LogP contribution >= 0.6 is 24.8 Å². The molecule has 2 N–H and O–H groups in total. The largest absolute Gasteiger partial charge is 0.352 e. The summed E-state index contributed by atoms with van der Waals surface area (Å²) in [5.41, 5.74) is 6.28. The summed E-state index contributed by atoms with van der Waals surface area (Å²) in [7, 11) is 0. The van der Waals surface area contributed by atoms with E-state index >= 15 is 0 Å². The zero-order valence-corrected chi connectivity index (χ0v) is 14.5. The standard InChI is InChI=1S/C13H19N7O.2ClH/c1-10(8-14)13(21)19-6-4-18(5-7-19)12-3-2-11-16-15-9-20(11)17-12;;/h2-3,9-10H,4-8,14H2,1H3;2*1H. The van der Waals surface area contributed by atoms with E-state index in [1.807, 2.05) is 24.0 Å². The molecule has 23 heavy (non-hydrogen) atoms. The van der Waals surface area contributed by atoms with Crippen molar-refractivity contribution in [2.75, 3.05) is 37.6 Å². The molecule has 1 atom stereocenters. The van der Waals surface area contributed by atoms with Crippen molar-refractivity contribution < 1.29 is 4.79 Å². The molecule has 0 spiro atoms. The van der Waals surface area contributed by atoms with Gasteiger partial charge in [0.15, 0.2) is 5.65 Å². The molecule has 3 heterocycles. The second kappa shape index (κ2) is 8.28. The van der Waals surface area contributed by atoms with Gasteiger partial charge in [0.05, 0.1) is 0 Å². The molecule has 1 aliphatic rings. The van der Waals surface area contributed by atoms with Crippen molar-refractivity contribution in [3.05, 3.63) is 18.5 Å². The molecular weight excluding hydrogens is 341 g/mol. The first-order valence-electron chi connectivity index (χ1n) is 7.10. The quantitative estimate of drug-likeness (QED) is 0.839. The molecule has 1 fully saturated rings. The summed E-state index contributed by atoms with van der Waals surface area (Å²) >= 11 is 0. The van der Waals surface area contributed by atoms with E-state index in [-0.39, 0.29) is 36.6 Å². The highest BCUT2D eigenvalue weighted by atomic mass is 35.5. The summed E-state index contributed by atoms with van der Waals surface area (Å²) in [6.45, 7) is 5.20. The highest BCUT2D eigenvalue weighted by Crippen LogP contribution is 2.15. The number of fused-ring (bicyclic) bond motifs is 1. The molecule has 3 rings (SSSR count). The zero-order valence-electron chi connectivity index (χ0n) is 12.8. The first-order valence-corrected chi connectivity index (χ1v) is 7.10. The number of hydrogen-bond acceptors (Lipinski definition) is 6. The number of rotatable bonds is 3. The molecular formula is C13H21Cl2N7O. The maximum Gasteiger partial charge on any atom is 0.226 e. The van der Waals surface area contributed by atoms with Crippen molar-refractivity contribution in [3.8, 4) is 0 Å². The van der Waals surface area contributed by atoms with Crippen LogP contribution < -0.4 is 10.6 Å². The zero-order chi connectivity index (χ0) is 14.8. The molecule has 0 saturated carbocycles. The van der Waals surface area contributed by atoms with Crippen LogP contribution in [0.25, 0.3) is 5.65 Å². The number of nitrogens with two attached hydrogens (primary N) is 1. The highest BCUT2D eigenvalue weighted by Gasteiger charge is 2.24. The fraction of sp³-hybridized carbons (Fsp3) is 0.538. The Kier molecular flexibility index (Phi) is 6.99. The van der Waals surface area contributed by atoms with Crippen LogP contribution in [0, 0.1) is 5.92 Å². The van der Waals surface area contributed by atoms with E-state index in [0.717, 1.165) is 24.6 Å². The number of nitrogens with zero attached hydrogens (tertiary/aromatic N) is 6. The van der Waals surface area contributed by atoms with Gasteiger partial charge in [0, 0.05) is 38.6 Å². The average Bonchev–Trinajstić information content (AvgIpc) is 3.01. The second-order valence-electron chi connectivity index (χ2n) is 5.27. The number of carbonyl (C=O) groups excluding carboxylic acids is 1. The number of piperazine rings is 1. The molecule has 1 unspecified atom stereocenters. The number of halogens is 2.